The number of aromatic nitrogens is 2. The summed E-state index contributed by atoms with van der Waals surface area (Å²) in [5.74, 6) is 0.412. The van der Waals surface area contributed by atoms with Gasteiger partial charge in [0.25, 0.3) is 0 Å². The summed E-state index contributed by atoms with van der Waals surface area (Å²) in [5.41, 5.74) is 7.17. The van der Waals surface area contributed by atoms with Gasteiger partial charge in [0, 0.05) is 25.8 Å². The van der Waals surface area contributed by atoms with E-state index in [-0.39, 0.29) is 11.6 Å². The highest BCUT2D eigenvalue weighted by molar-refractivity contribution is 5.07. The summed E-state index contributed by atoms with van der Waals surface area (Å²) in [6.07, 6.45) is 6.25. The van der Waals surface area contributed by atoms with E-state index in [2.05, 4.69) is 9.97 Å². The number of ether oxygens (including phenoxy) is 2. The second kappa shape index (κ2) is 4.91. The van der Waals surface area contributed by atoms with Crippen LogP contribution in [0.3, 0.4) is 0 Å². The van der Waals surface area contributed by atoms with Crippen LogP contribution in [0.5, 0.6) is 0 Å². The summed E-state index contributed by atoms with van der Waals surface area (Å²) in [5, 5.41) is 0. The average Bonchev–Trinajstić information content (AvgIpc) is 2.87. The maximum absolute atomic E-state index is 6.33. The van der Waals surface area contributed by atoms with E-state index in [9.17, 15) is 0 Å². The predicted octanol–water partition coefficient (Wildman–Crippen LogP) is 1.06. The van der Waals surface area contributed by atoms with Crippen LogP contribution in [0.25, 0.3) is 0 Å². The van der Waals surface area contributed by atoms with Crippen molar-refractivity contribution >= 4 is 0 Å². The lowest BCUT2D eigenvalue weighted by atomic mass is 9.80. The lowest BCUT2D eigenvalue weighted by Crippen LogP contribution is -2.43. The summed E-state index contributed by atoms with van der Waals surface area (Å²) in [7, 11) is 0. The maximum atomic E-state index is 6.33. The molecule has 3 atom stereocenters. The molecule has 1 spiro atoms. The molecule has 0 radical (unpaired) electrons. The van der Waals surface area contributed by atoms with E-state index in [1.807, 2.05) is 6.07 Å². The van der Waals surface area contributed by atoms with Gasteiger partial charge in [-0.25, -0.2) is 9.97 Å². The summed E-state index contributed by atoms with van der Waals surface area (Å²) in [4.78, 5) is 8.19. The molecule has 3 heterocycles. The van der Waals surface area contributed by atoms with Crippen LogP contribution in [-0.4, -0.2) is 35.4 Å². The second-order valence-electron chi connectivity index (χ2n) is 5.25. The van der Waals surface area contributed by atoms with Crippen LogP contribution >= 0.6 is 0 Å². The Morgan fingerprint density at radius 1 is 1.44 bits per heavy atom. The molecule has 0 amide bonds. The van der Waals surface area contributed by atoms with E-state index >= 15 is 0 Å². The highest BCUT2D eigenvalue weighted by Gasteiger charge is 2.42. The quantitative estimate of drug-likeness (QED) is 0.848. The van der Waals surface area contributed by atoms with Crippen molar-refractivity contribution in [2.75, 3.05) is 19.8 Å². The van der Waals surface area contributed by atoms with E-state index < -0.39 is 0 Å². The van der Waals surface area contributed by atoms with Crippen LogP contribution in [0.15, 0.2) is 18.6 Å². The lowest BCUT2D eigenvalue weighted by molar-refractivity contribution is -0.101. The van der Waals surface area contributed by atoms with Gasteiger partial charge in [-0.1, -0.05) is 0 Å². The van der Waals surface area contributed by atoms with Gasteiger partial charge in [0.15, 0.2) is 0 Å². The Kier molecular flexibility index (Phi) is 3.28. The third-order valence-corrected chi connectivity index (χ3v) is 4.05. The normalized spacial score (nSPS) is 33.7. The fraction of sp³-hybridized carbons (Fsp3) is 0.692. The number of nitrogens with two attached hydrogens (primary N) is 1. The molecule has 18 heavy (non-hydrogen) atoms. The molecular formula is C13H19N3O2. The van der Waals surface area contributed by atoms with Gasteiger partial charge in [-0.05, 0) is 24.8 Å². The minimum atomic E-state index is -0.0897. The van der Waals surface area contributed by atoms with Crippen LogP contribution in [-0.2, 0) is 9.47 Å². The maximum Gasteiger partial charge on any atom is 0.115 e. The van der Waals surface area contributed by atoms with Crippen molar-refractivity contribution in [2.24, 2.45) is 11.7 Å². The molecule has 2 N–H and O–H groups in total. The SMILES string of the molecule is NC(c1ccncn1)C1CCOC2(CCOC2)C1. The highest BCUT2D eigenvalue weighted by atomic mass is 16.6. The molecule has 2 aliphatic rings. The third kappa shape index (κ3) is 2.25. The van der Waals surface area contributed by atoms with E-state index in [4.69, 9.17) is 15.2 Å². The van der Waals surface area contributed by atoms with E-state index in [0.717, 1.165) is 38.2 Å². The van der Waals surface area contributed by atoms with E-state index in [1.165, 1.54) is 0 Å². The van der Waals surface area contributed by atoms with Gasteiger partial charge >= 0.3 is 0 Å². The largest absolute Gasteiger partial charge is 0.378 e. The van der Waals surface area contributed by atoms with E-state index in [1.54, 1.807) is 12.5 Å². The minimum Gasteiger partial charge on any atom is -0.378 e. The average molecular weight is 249 g/mol. The molecule has 2 fully saturated rings. The summed E-state index contributed by atoms with van der Waals surface area (Å²) in [6.45, 7) is 2.28. The Morgan fingerprint density at radius 2 is 2.39 bits per heavy atom. The van der Waals surface area contributed by atoms with Crippen LogP contribution in [0.1, 0.15) is 31.0 Å². The van der Waals surface area contributed by atoms with Crippen LogP contribution in [0.2, 0.25) is 0 Å². The van der Waals surface area contributed by atoms with Gasteiger partial charge in [-0.2, -0.15) is 0 Å². The van der Waals surface area contributed by atoms with Crippen molar-refractivity contribution in [3.05, 3.63) is 24.3 Å². The monoisotopic (exact) mass is 249 g/mol. The van der Waals surface area contributed by atoms with Crippen molar-refractivity contribution in [1.82, 2.24) is 9.97 Å². The molecular weight excluding hydrogens is 230 g/mol. The van der Waals surface area contributed by atoms with Crippen molar-refractivity contribution in [3.8, 4) is 0 Å². The third-order valence-electron chi connectivity index (χ3n) is 4.05. The van der Waals surface area contributed by atoms with Crippen LogP contribution < -0.4 is 5.73 Å². The Labute approximate surface area is 107 Å². The molecule has 1 aromatic heterocycles. The van der Waals surface area contributed by atoms with Crippen molar-refractivity contribution in [2.45, 2.75) is 30.9 Å². The first-order valence-electron chi connectivity index (χ1n) is 6.52. The summed E-state index contributed by atoms with van der Waals surface area (Å²) >= 11 is 0. The standard InChI is InChI=1S/C13H19N3O2/c14-12(11-1-4-15-9-16-11)10-2-5-18-13(7-10)3-6-17-8-13/h1,4,9-10,12H,2-3,5-8,14H2. The van der Waals surface area contributed by atoms with Crippen LogP contribution in [0, 0.1) is 5.92 Å². The second-order valence-corrected chi connectivity index (χ2v) is 5.25. The molecule has 5 heteroatoms. The van der Waals surface area contributed by atoms with E-state index in [0.29, 0.717) is 12.5 Å². The number of nitrogens with zero attached hydrogens (tertiary/aromatic N) is 2. The zero-order valence-electron chi connectivity index (χ0n) is 10.4. The Morgan fingerprint density at radius 3 is 3.11 bits per heavy atom. The van der Waals surface area contributed by atoms with Crippen molar-refractivity contribution in [3.63, 3.8) is 0 Å². The van der Waals surface area contributed by atoms with Crippen LogP contribution in [0.4, 0.5) is 0 Å². The molecule has 0 aromatic carbocycles. The number of hydrogen-bond donors (Lipinski definition) is 1. The highest BCUT2D eigenvalue weighted by Crippen LogP contribution is 2.39. The van der Waals surface area contributed by atoms with Gasteiger partial charge in [0.05, 0.1) is 23.9 Å². The first kappa shape index (κ1) is 12.0. The topological polar surface area (TPSA) is 70.3 Å². The zero-order chi connectivity index (χ0) is 12.4. The molecule has 2 saturated heterocycles. The lowest BCUT2D eigenvalue weighted by Gasteiger charge is -2.39. The molecule has 5 nitrogen and oxygen atoms in total. The molecule has 0 bridgehead atoms. The molecule has 1 aromatic rings. The molecule has 98 valence electrons. The van der Waals surface area contributed by atoms with Crippen molar-refractivity contribution in [1.29, 1.82) is 0 Å². The summed E-state index contributed by atoms with van der Waals surface area (Å²) in [6, 6.07) is 1.87. The van der Waals surface area contributed by atoms with Gasteiger partial charge in [0.2, 0.25) is 0 Å². The zero-order valence-corrected chi connectivity index (χ0v) is 10.4. The molecule has 0 saturated carbocycles. The number of rotatable bonds is 2. The fourth-order valence-electron chi connectivity index (χ4n) is 2.98. The molecule has 3 unspecified atom stereocenters. The minimum absolute atomic E-state index is 0.0330. The Balaban J connectivity index is 1.72. The van der Waals surface area contributed by atoms with Gasteiger partial charge in [-0.3, -0.25) is 0 Å². The molecule has 2 aliphatic heterocycles. The van der Waals surface area contributed by atoms with Gasteiger partial charge in [0.1, 0.15) is 6.33 Å². The first-order valence-corrected chi connectivity index (χ1v) is 6.52. The Bertz CT molecular complexity index is 392. The molecule has 3 rings (SSSR count). The van der Waals surface area contributed by atoms with Crippen molar-refractivity contribution < 1.29 is 9.47 Å². The van der Waals surface area contributed by atoms with Gasteiger partial charge in [-0.15, -0.1) is 0 Å². The predicted molar refractivity (Wildman–Crippen MR) is 65.8 cm³/mol. The number of hydrogen-bond acceptors (Lipinski definition) is 5. The Hall–Kier alpha value is -1.04. The molecule has 0 aliphatic carbocycles. The van der Waals surface area contributed by atoms with Gasteiger partial charge < -0.3 is 15.2 Å². The first-order chi connectivity index (χ1) is 8.79. The fourth-order valence-corrected chi connectivity index (χ4v) is 2.98. The smallest absolute Gasteiger partial charge is 0.115 e. The summed E-state index contributed by atoms with van der Waals surface area (Å²) < 4.78 is 11.4.